The molecule has 3 aromatic rings. The van der Waals surface area contributed by atoms with Crippen LogP contribution in [0.15, 0.2) is 53.3 Å². The fourth-order valence-electron chi connectivity index (χ4n) is 2.17. The van der Waals surface area contributed by atoms with Gasteiger partial charge in [-0.25, -0.2) is 9.37 Å². The Hall–Kier alpha value is -2.49. The number of H-pyrrole nitrogens is 1. The van der Waals surface area contributed by atoms with Gasteiger partial charge in [-0.15, -0.1) is 0 Å². The normalized spacial score (nSPS) is 10.8. The van der Waals surface area contributed by atoms with E-state index >= 15 is 0 Å². The lowest BCUT2D eigenvalue weighted by molar-refractivity contribution is 0.627. The topological polar surface area (TPSA) is 45.8 Å². The molecule has 20 heavy (non-hydrogen) atoms. The van der Waals surface area contributed by atoms with Gasteiger partial charge in [-0.1, -0.05) is 24.3 Å². The molecule has 0 aliphatic heterocycles. The number of nitrogens with zero attached hydrogens (tertiary/aromatic N) is 1. The van der Waals surface area contributed by atoms with E-state index in [1.165, 1.54) is 12.1 Å². The molecule has 2 aromatic carbocycles. The van der Waals surface area contributed by atoms with Crippen molar-refractivity contribution in [3.05, 3.63) is 76.1 Å². The molecule has 1 N–H and O–H groups in total. The van der Waals surface area contributed by atoms with Crippen LogP contribution >= 0.6 is 0 Å². The monoisotopic (exact) mass is 268 g/mol. The van der Waals surface area contributed by atoms with Crippen LogP contribution in [0.1, 0.15) is 11.4 Å². The van der Waals surface area contributed by atoms with Gasteiger partial charge in [0.05, 0.1) is 10.9 Å². The molecule has 3 rings (SSSR count). The summed E-state index contributed by atoms with van der Waals surface area (Å²) in [5, 5.41) is 0.595. The number of benzene rings is 2. The lowest BCUT2D eigenvalue weighted by Crippen LogP contribution is -2.12. The third kappa shape index (κ3) is 2.59. The Balaban J connectivity index is 1.84. The Kier molecular flexibility index (Phi) is 3.29. The second kappa shape index (κ2) is 5.25. The van der Waals surface area contributed by atoms with E-state index in [4.69, 9.17) is 0 Å². The van der Waals surface area contributed by atoms with Crippen molar-refractivity contribution in [3.8, 4) is 0 Å². The molecule has 0 amide bonds. The van der Waals surface area contributed by atoms with Gasteiger partial charge in [0.25, 0.3) is 5.56 Å². The zero-order chi connectivity index (χ0) is 13.9. The number of hydrogen-bond donors (Lipinski definition) is 1. The summed E-state index contributed by atoms with van der Waals surface area (Å²) in [6.07, 6.45) is 1.33. The maximum absolute atomic E-state index is 12.8. The van der Waals surface area contributed by atoms with Crippen LogP contribution in [0.3, 0.4) is 0 Å². The van der Waals surface area contributed by atoms with Crippen molar-refractivity contribution < 1.29 is 4.39 Å². The second-order valence-corrected chi connectivity index (χ2v) is 4.66. The van der Waals surface area contributed by atoms with Crippen LogP contribution in [0.25, 0.3) is 10.9 Å². The molecule has 0 unspecified atom stereocenters. The highest BCUT2D eigenvalue weighted by molar-refractivity contribution is 5.77. The van der Waals surface area contributed by atoms with Crippen LogP contribution in [0.4, 0.5) is 4.39 Å². The first-order chi connectivity index (χ1) is 9.72. The molecule has 100 valence electrons. The SMILES string of the molecule is O=c1[nH]c(CCc2ccc(F)cc2)nc2ccccc12. The van der Waals surface area contributed by atoms with Gasteiger partial charge in [0.2, 0.25) is 0 Å². The first kappa shape index (κ1) is 12.5. The van der Waals surface area contributed by atoms with Gasteiger partial charge in [0.1, 0.15) is 11.6 Å². The molecule has 0 radical (unpaired) electrons. The van der Waals surface area contributed by atoms with Gasteiger partial charge in [-0.3, -0.25) is 4.79 Å². The minimum Gasteiger partial charge on any atom is -0.310 e. The Morgan fingerprint density at radius 1 is 1.00 bits per heavy atom. The van der Waals surface area contributed by atoms with Gasteiger partial charge in [-0.05, 0) is 36.2 Å². The van der Waals surface area contributed by atoms with Gasteiger partial charge < -0.3 is 4.98 Å². The summed E-state index contributed by atoms with van der Waals surface area (Å²) >= 11 is 0. The summed E-state index contributed by atoms with van der Waals surface area (Å²) in [5.74, 6) is 0.406. The Morgan fingerprint density at radius 2 is 1.75 bits per heavy atom. The smallest absolute Gasteiger partial charge is 0.258 e. The molecule has 0 atom stereocenters. The number of hydrogen-bond acceptors (Lipinski definition) is 2. The van der Waals surface area contributed by atoms with Gasteiger partial charge >= 0.3 is 0 Å². The average molecular weight is 268 g/mol. The molecule has 4 heteroatoms. The second-order valence-electron chi connectivity index (χ2n) is 4.66. The van der Waals surface area contributed by atoms with Crippen LogP contribution < -0.4 is 5.56 Å². The van der Waals surface area contributed by atoms with Crippen LogP contribution in [-0.4, -0.2) is 9.97 Å². The van der Waals surface area contributed by atoms with Crippen molar-refractivity contribution >= 4 is 10.9 Å². The van der Waals surface area contributed by atoms with E-state index in [2.05, 4.69) is 9.97 Å². The molecule has 1 aromatic heterocycles. The van der Waals surface area contributed by atoms with E-state index in [1.807, 2.05) is 18.2 Å². The summed E-state index contributed by atoms with van der Waals surface area (Å²) < 4.78 is 12.8. The van der Waals surface area contributed by atoms with Gasteiger partial charge in [0.15, 0.2) is 0 Å². The van der Waals surface area contributed by atoms with Crippen LogP contribution in [0.2, 0.25) is 0 Å². The van der Waals surface area contributed by atoms with Gasteiger partial charge in [0, 0.05) is 6.42 Å². The van der Waals surface area contributed by atoms with Crippen molar-refractivity contribution in [1.29, 1.82) is 0 Å². The number of fused-ring (bicyclic) bond motifs is 1. The van der Waals surface area contributed by atoms with E-state index in [9.17, 15) is 9.18 Å². The maximum Gasteiger partial charge on any atom is 0.258 e. The minimum absolute atomic E-state index is 0.121. The van der Waals surface area contributed by atoms with E-state index in [-0.39, 0.29) is 11.4 Å². The lowest BCUT2D eigenvalue weighted by Gasteiger charge is -2.03. The van der Waals surface area contributed by atoms with Crippen molar-refractivity contribution in [2.45, 2.75) is 12.8 Å². The molecule has 0 saturated heterocycles. The minimum atomic E-state index is -0.244. The molecule has 0 saturated carbocycles. The summed E-state index contributed by atoms with van der Waals surface area (Å²) in [7, 11) is 0. The maximum atomic E-state index is 12.8. The first-order valence-corrected chi connectivity index (χ1v) is 6.45. The predicted molar refractivity (Wildman–Crippen MR) is 76.2 cm³/mol. The molecular weight excluding hydrogens is 255 g/mol. The number of halogens is 1. The molecule has 1 heterocycles. The number of para-hydroxylation sites is 1. The fourth-order valence-corrected chi connectivity index (χ4v) is 2.17. The van der Waals surface area contributed by atoms with E-state index in [0.717, 1.165) is 5.56 Å². The van der Waals surface area contributed by atoms with Crippen molar-refractivity contribution in [3.63, 3.8) is 0 Å². The molecule has 0 spiro atoms. The third-order valence-corrected chi connectivity index (χ3v) is 3.23. The van der Waals surface area contributed by atoms with Crippen LogP contribution in [0.5, 0.6) is 0 Å². The predicted octanol–water partition coefficient (Wildman–Crippen LogP) is 2.85. The fraction of sp³-hybridized carbons (Fsp3) is 0.125. The van der Waals surface area contributed by atoms with Crippen molar-refractivity contribution in [1.82, 2.24) is 9.97 Å². The Morgan fingerprint density at radius 3 is 2.55 bits per heavy atom. The molecule has 0 fully saturated rings. The zero-order valence-corrected chi connectivity index (χ0v) is 10.8. The molecular formula is C16H13FN2O. The highest BCUT2D eigenvalue weighted by Gasteiger charge is 2.03. The van der Waals surface area contributed by atoms with Crippen molar-refractivity contribution in [2.24, 2.45) is 0 Å². The summed E-state index contributed by atoms with van der Waals surface area (Å²) in [5.41, 5.74) is 1.59. The highest BCUT2D eigenvalue weighted by Crippen LogP contribution is 2.09. The van der Waals surface area contributed by atoms with Gasteiger partial charge in [-0.2, -0.15) is 0 Å². The number of aromatic nitrogens is 2. The molecule has 3 nitrogen and oxygen atoms in total. The average Bonchev–Trinajstić information content (AvgIpc) is 2.47. The molecule has 0 aliphatic rings. The highest BCUT2D eigenvalue weighted by atomic mass is 19.1. The van der Waals surface area contributed by atoms with Crippen LogP contribution in [-0.2, 0) is 12.8 Å². The Bertz CT molecular complexity index is 793. The standard InChI is InChI=1S/C16H13FN2O/c17-12-8-5-11(6-9-12)7-10-15-18-14-4-2-1-3-13(14)16(20)19-15/h1-6,8-9H,7,10H2,(H,18,19,20). The number of rotatable bonds is 3. The number of aryl methyl sites for hydroxylation is 2. The van der Waals surface area contributed by atoms with E-state index in [1.54, 1.807) is 18.2 Å². The number of nitrogens with one attached hydrogen (secondary N) is 1. The van der Waals surface area contributed by atoms with Crippen molar-refractivity contribution in [2.75, 3.05) is 0 Å². The summed E-state index contributed by atoms with van der Waals surface area (Å²) in [6.45, 7) is 0. The Labute approximate surface area is 115 Å². The zero-order valence-electron chi connectivity index (χ0n) is 10.8. The summed E-state index contributed by atoms with van der Waals surface area (Å²) in [6, 6.07) is 13.6. The quantitative estimate of drug-likeness (QED) is 0.794. The largest absolute Gasteiger partial charge is 0.310 e. The summed E-state index contributed by atoms with van der Waals surface area (Å²) in [4.78, 5) is 19.1. The van der Waals surface area contributed by atoms with E-state index < -0.39 is 0 Å². The molecule has 0 aliphatic carbocycles. The lowest BCUT2D eigenvalue weighted by atomic mass is 10.1. The van der Waals surface area contributed by atoms with E-state index in [0.29, 0.717) is 29.6 Å². The number of aromatic amines is 1. The van der Waals surface area contributed by atoms with Crippen LogP contribution in [0, 0.1) is 5.82 Å². The third-order valence-electron chi connectivity index (χ3n) is 3.23. The molecule has 0 bridgehead atoms. The first-order valence-electron chi connectivity index (χ1n) is 6.45.